The number of fused-ring (bicyclic) bond motifs is 1. The molecule has 0 bridgehead atoms. The summed E-state index contributed by atoms with van der Waals surface area (Å²) in [4.78, 5) is 0.640. The molecule has 1 aromatic carbocycles. The van der Waals surface area contributed by atoms with Gasteiger partial charge in [0.05, 0.1) is 11.7 Å². The van der Waals surface area contributed by atoms with E-state index in [9.17, 15) is 18.3 Å². The normalized spacial score (nSPS) is 21.9. The van der Waals surface area contributed by atoms with Gasteiger partial charge in [0, 0.05) is 16.6 Å². The highest BCUT2D eigenvalue weighted by Crippen LogP contribution is 2.47. The molecule has 2 atom stereocenters. The summed E-state index contributed by atoms with van der Waals surface area (Å²) in [5.74, 6) is 0.0953. The Hall–Kier alpha value is -0.680. The lowest BCUT2D eigenvalue weighted by molar-refractivity contribution is -0.138. The van der Waals surface area contributed by atoms with Crippen molar-refractivity contribution in [3.05, 3.63) is 29.3 Å². The number of halogens is 3. The fourth-order valence-electron chi connectivity index (χ4n) is 1.94. The van der Waals surface area contributed by atoms with Gasteiger partial charge in [0.1, 0.15) is 0 Å². The molecular formula is C11H11F3OS. The van der Waals surface area contributed by atoms with E-state index in [2.05, 4.69) is 0 Å². The van der Waals surface area contributed by atoms with Gasteiger partial charge in [0.2, 0.25) is 0 Å². The predicted molar refractivity (Wildman–Crippen MR) is 56.6 cm³/mol. The Morgan fingerprint density at radius 1 is 1.44 bits per heavy atom. The van der Waals surface area contributed by atoms with Crippen LogP contribution in [0.4, 0.5) is 13.2 Å². The zero-order valence-electron chi connectivity index (χ0n) is 8.58. The molecule has 0 radical (unpaired) electrons. The van der Waals surface area contributed by atoms with Gasteiger partial charge in [0.15, 0.2) is 0 Å². The minimum absolute atomic E-state index is 0.259. The fraction of sp³-hybridized carbons (Fsp3) is 0.455. The zero-order valence-corrected chi connectivity index (χ0v) is 9.40. The Morgan fingerprint density at radius 2 is 2.12 bits per heavy atom. The lowest BCUT2D eigenvalue weighted by atomic mass is 9.92. The molecule has 0 aromatic heterocycles. The van der Waals surface area contributed by atoms with Crippen LogP contribution in [0.5, 0.6) is 0 Å². The van der Waals surface area contributed by atoms with E-state index in [1.165, 1.54) is 24.8 Å². The lowest BCUT2D eigenvalue weighted by Crippen LogP contribution is -2.18. The average Bonchev–Trinajstić information content (AvgIpc) is 2.58. The van der Waals surface area contributed by atoms with Crippen molar-refractivity contribution in [3.8, 4) is 0 Å². The second-order valence-electron chi connectivity index (χ2n) is 3.87. The van der Waals surface area contributed by atoms with Crippen molar-refractivity contribution in [1.82, 2.24) is 0 Å². The van der Waals surface area contributed by atoms with Gasteiger partial charge >= 0.3 is 6.18 Å². The highest BCUT2D eigenvalue weighted by atomic mass is 32.2. The molecule has 2 rings (SSSR count). The summed E-state index contributed by atoms with van der Waals surface area (Å²) < 4.78 is 38.4. The van der Waals surface area contributed by atoms with E-state index in [1.807, 2.05) is 0 Å². The highest BCUT2D eigenvalue weighted by Gasteiger charge is 2.39. The second kappa shape index (κ2) is 3.96. The first-order chi connectivity index (χ1) is 7.41. The van der Waals surface area contributed by atoms with E-state index in [0.717, 1.165) is 6.07 Å². The van der Waals surface area contributed by atoms with Crippen LogP contribution in [0.15, 0.2) is 23.1 Å². The summed E-state index contributed by atoms with van der Waals surface area (Å²) >= 11 is 1.37. The van der Waals surface area contributed by atoms with Crippen molar-refractivity contribution in [3.63, 3.8) is 0 Å². The van der Waals surface area contributed by atoms with Crippen molar-refractivity contribution in [2.75, 3.05) is 5.75 Å². The summed E-state index contributed by atoms with van der Waals surface area (Å²) in [6, 6.07) is 4.18. The zero-order chi connectivity index (χ0) is 11.9. The van der Waals surface area contributed by atoms with Crippen LogP contribution >= 0.6 is 11.8 Å². The Kier molecular flexibility index (Phi) is 2.92. The molecule has 0 saturated heterocycles. The predicted octanol–water partition coefficient (Wildman–Crippen LogP) is 3.28. The third-order valence-corrected chi connectivity index (χ3v) is 3.94. The quantitative estimate of drug-likeness (QED) is 0.823. The molecule has 16 heavy (non-hydrogen) atoms. The third kappa shape index (κ3) is 1.94. The molecule has 5 heteroatoms. The van der Waals surface area contributed by atoms with Crippen LogP contribution < -0.4 is 0 Å². The van der Waals surface area contributed by atoms with Crippen molar-refractivity contribution < 1.29 is 18.3 Å². The number of aliphatic hydroxyl groups is 1. The topological polar surface area (TPSA) is 20.2 Å². The molecule has 1 aromatic rings. The highest BCUT2D eigenvalue weighted by molar-refractivity contribution is 7.99. The van der Waals surface area contributed by atoms with Gasteiger partial charge in [-0.25, -0.2) is 0 Å². The van der Waals surface area contributed by atoms with E-state index >= 15 is 0 Å². The van der Waals surface area contributed by atoms with E-state index in [1.54, 1.807) is 6.07 Å². The van der Waals surface area contributed by atoms with Gasteiger partial charge in [-0.2, -0.15) is 13.2 Å². The summed E-state index contributed by atoms with van der Waals surface area (Å²) in [5, 5.41) is 9.51. The monoisotopic (exact) mass is 248 g/mol. The number of thioether (sulfide) groups is 1. The van der Waals surface area contributed by atoms with Crippen molar-refractivity contribution in [1.29, 1.82) is 0 Å². The molecule has 0 fully saturated rings. The summed E-state index contributed by atoms with van der Waals surface area (Å²) in [6.07, 6.45) is -5.10. The van der Waals surface area contributed by atoms with Gasteiger partial charge in [-0.1, -0.05) is 6.07 Å². The first-order valence-corrected chi connectivity index (χ1v) is 5.91. The fourth-order valence-corrected chi connectivity index (χ4v) is 3.34. The van der Waals surface area contributed by atoms with E-state index in [0.29, 0.717) is 10.6 Å². The van der Waals surface area contributed by atoms with Crippen molar-refractivity contribution in [2.45, 2.75) is 30.0 Å². The Labute approximate surface area is 95.7 Å². The van der Waals surface area contributed by atoms with Gasteiger partial charge in [0.25, 0.3) is 0 Å². The molecule has 1 heterocycles. The minimum atomic E-state index is -4.34. The van der Waals surface area contributed by atoms with E-state index in [-0.39, 0.29) is 5.56 Å². The molecular weight excluding hydrogens is 237 g/mol. The Balaban J connectivity index is 2.54. The maximum Gasteiger partial charge on any atom is 0.416 e. The lowest BCUT2D eigenvalue weighted by Gasteiger charge is -2.19. The van der Waals surface area contributed by atoms with Crippen LogP contribution in [0.3, 0.4) is 0 Å². The van der Waals surface area contributed by atoms with Gasteiger partial charge in [-0.3, -0.25) is 0 Å². The molecule has 0 saturated carbocycles. The van der Waals surface area contributed by atoms with Crippen LogP contribution in [0, 0.1) is 0 Å². The number of alkyl halides is 3. The summed E-state index contributed by atoms with van der Waals surface area (Å²) in [6.45, 7) is 1.54. The number of rotatable bonds is 1. The minimum Gasteiger partial charge on any atom is -0.393 e. The molecule has 0 spiro atoms. The number of benzene rings is 1. The van der Waals surface area contributed by atoms with Crippen LogP contribution in [-0.4, -0.2) is 17.0 Å². The first kappa shape index (κ1) is 11.8. The van der Waals surface area contributed by atoms with Crippen LogP contribution in [-0.2, 0) is 6.18 Å². The average molecular weight is 248 g/mol. The molecule has 1 N–H and O–H groups in total. The number of hydrogen-bond acceptors (Lipinski definition) is 2. The second-order valence-corrected chi connectivity index (χ2v) is 4.94. The standard InChI is InChI=1S/C11H11F3OS/c1-6(15)7-5-16-9-4-2-3-8(10(7)9)11(12,13)14/h2-4,6-7,15H,5H2,1H3. The van der Waals surface area contributed by atoms with Crippen LogP contribution in [0.1, 0.15) is 24.0 Å². The molecule has 0 aliphatic carbocycles. The van der Waals surface area contributed by atoms with Gasteiger partial charge < -0.3 is 5.11 Å². The van der Waals surface area contributed by atoms with Gasteiger partial charge in [-0.15, -0.1) is 11.8 Å². The van der Waals surface area contributed by atoms with E-state index in [4.69, 9.17) is 0 Å². The Bertz CT molecular complexity index is 401. The number of aliphatic hydroxyl groups excluding tert-OH is 1. The van der Waals surface area contributed by atoms with Crippen molar-refractivity contribution >= 4 is 11.8 Å². The number of hydrogen-bond donors (Lipinski definition) is 1. The maximum atomic E-state index is 12.8. The molecule has 1 nitrogen and oxygen atoms in total. The first-order valence-electron chi connectivity index (χ1n) is 4.92. The largest absolute Gasteiger partial charge is 0.416 e. The molecule has 0 amide bonds. The van der Waals surface area contributed by atoms with E-state index < -0.39 is 23.8 Å². The summed E-state index contributed by atoms with van der Waals surface area (Å²) in [7, 11) is 0. The smallest absolute Gasteiger partial charge is 0.393 e. The third-order valence-electron chi connectivity index (χ3n) is 2.74. The van der Waals surface area contributed by atoms with Gasteiger partial charge in [-0.05, 0) is 24.6 Å². The molecule has 1 aliphatic rings. The summed E-state index contributed by atoms with van der Waals surface area (Å²) in [5.41, 5.74) is -0.351. The Morgan fingerprint density at radius 3 is 2.69 bits per heavy atom. The molecule has 2 unspecified atom stereocenters. The molecule has 88 valence electrons. The van der Waals surface area contributed by atoms with Crippen LogP contribution in [0.2, 0.25) is 0 Å². The molecule has 1 aliphatic heterocycles. The maximum absolute atomic E-state index is 12.8. The van der Waals surface area contributed by atoms with Crippen LogP contribution in [0.25, 0.3) is 0 Å². The SMILES string of the molecule is CC(O)C1CSc2cccc(C(F)(F)F)c21. The van der Waals surface area contributed by atoms with Crippen molar-refractivity contribution in [2.24, 2.45) is 0 Å².